The first-order valence-electron chi connectivity index (χ1n) is 7.75. The van der Waals surface area contributed by atoms with Gasteiger partial charge in [-0.25, -0.2) is 0 Å². The first-order valence-corrected chi connectivity index (χ1v) is 7.75. The van der Waals surface area contributed by atoms with Crippen LogP contribution in [0, 0.1) is 0 Å². The fraction of sp³-hybridized carbons (Fsp3) is 0.211. The van der Waals surface area contributed by atoms with Crippen molar-refractivity contribution < 1.29 is 9.53 Å². The predicted octanol–water partition coefficient (Wildman–Crippen LogP) is 3.84. The molecule has 118 valence electrons. The van der Waals surface area contributed by atoms with E-state index in [2.05, 4.69) is 11.9 Å². The summed E-state index contributed by atoms with van der Waals surface area (Å²) in [5.41, 5.74) is 2.47. The average Bonchev–Trinajstić information content (AvgIpc) is 2.58. The lowest BCUT2D eigenvalue weighted by molar-refractivity contribution is 0.0705. The number of nitrogens with one attached hydrogen (secondary N) is 1. The Morgan fingerprint density at radius 1 is 1.22 bits per heavy atom. The molecule has 4 nitrogen and oxygen atoms in total. The topological polar surface area (TPSA) is 41.6 Å². The molecule has 1 heterocycles. The van der Waals surface area contributed by atoms with Crippen LogP contribution < -0.4 is 10.1 Å². The molecule has 23 heavy (non-hydrogen) atoms. The molecular weight excluding hydrogens is 288 g/mol. The van der Waals surface area contributed by atoms with Crippen molar-refractivity contribution in [1.29, 1.82) is 0 Å². The lowest BCUT2D eigenvalue weighted by Gasteiger charge is -2.38. The van der Waals surface area contributed by atoms with Gasteiger partial charge in [-0.3, -0.25) is 4.79 Å². The van der Waals surface area contributed by atoms with Crippen molar-refractivity contribution in [2.24, 2.45) is 0 Å². The molecule has 0 radical (unpaired) electrons. The van der Waals surface area contributed by atoms with Crippen molar-refractivity contribution in [3.8, 4) is 5.75 Å². The Kier molecular flexibility index (Phi) is 4.33. The van der Waals surface area contributed by atoms with Gasteiger partial charge in [-0.1, -0.05) is 36.4 Å². The number of amides is 1. The Labute approximate surface area is 136 Å². The van der Waals surface area contributed by atoms with Crippen LogP contribution in [0.1, 0.15) is 29.0 Å². The second kappa shape index (κ2) is 6.57. The Bertz CT molecular complexity index is 727. The summed E-state index contributed by atoms with van der Waals surface area (Å²) in [7, 11) is 0. The molecule has 3 rings (SSSR count). The van der Waals surface area contributed by atoms with Crippen molar-refractivity contribution in [1.82, 2.24) is 4.90 Å². The lowest BCUT2D eigenvalue weighted by atomic mass is 10.0. The fourth-order valence-corrected chi connectivity index (χ4v) is 2.86. The monoisotopic (exact) mass is 308 g/mol. The lowest BCUT2D eigenvalue weighted by Crippen LogP contribution is -2.43. The number of para-hydroxylation sites is 2. The minimum absolute atomic E-state index is 0.00412. The van der Waals surface area contributed by atoms with Gasteiger partial charge in [0.2, 0.25) is 0 Å². The second-order valence-electron chi connectivity index (χ2n) is 5.31. The van der Waals surface area contributed by atoms with Crippen LogP contribution >= 0.6 is 0 Å². The molecule has 0 aromatic heterocycles. The molecule has 1 atom stereocenters. The van der Waals surface area contributed by atoms with Gasteiger partial charge >= 0.3 is 0 Å². The molecule has 0 spiro atoms. The van der Waals surface area contributed by atoms with Crippen LogP contribution in [0.15, 0.2) is 61.2 Å². The van der Waals surface area contributed by atoms with Gasteiger partial charge in [0.25, 0.3) is 5.91 Å². The van der Waals surface area contributed by atoms with E-state index < -0.39 is 0 Å². The second-order valence-corrected chi connectivity index (χ2v) is 5.31. The number of hydrogen-bond acceptors (Lipinski definition) is 3. The summed E-state index contributed by atoms with van der Waals surface area (Å²) in [6.07, 6.45) is 1.46. The number of anilines is 1. The highest BCUT2D eigenvalue weighted by Crippen LogP contribution is 2.36. The number of benzene rings is 2. The van der Waals surface area contributed by atoms with E-state index in [1.165, 1.54) is 0 Å². The van der Waals surface area contributed by atoms with E-state index >= 15 is 0 Å². The maximum absolute atomic E-state index is 12.9. The zero-order valence-electron chi connectivity index (χ0n) is 13.2. The molecule has 0 fully saturated rings. The van der Waals surface area contributed by atoms with Crippen molar-refractivity contribution in [2.45, 2.75) is 13.1 Å². The summed E-state index contributed by atoms with van der Waals surface area (Å²) < 4.78 is 5.74. The molecule has 1 amide bonds. The van der Waals surface area contributed by atoms with E-state index in [-0.39, 0.29) is 12.1 Å². The maximum atomic E-state index is 12.9. The van der Waals surface area contributed by atoms with Gasteiger partial charge in [0.1, 0.15) is 11.9 Å². The summed E-state index contributed by atoms with van der Waals surface area (Å²) in [6, 6.07) is 15.4. The number of nitrogens with zero attached hydrogens (tertiary/aromatic N) is 1. The largest absolute Gasteiger partial charge is 0.493 e. The van der Waals surface area contributed by atoms with Gasteiger partial charge in [-0.15, -0.1) is 6.58 Å². The van der Waals surface area contributed by atoms with Crippen molar-refractivity contribution in [3.63, 3.8) is 0 Å². The summed E-state index contributed by atoms with van der Waals surface area (Å²) in [5.74, 6) is 0.782. The van der Waals surface area contributed by atoms with Crippen LogP contribution in [0.5, 0.6) is 5.75 Å². The molecule has 0 aliphatic carbocycles. The van der Waals surface area contributed by atoms with Crippen LogP contribution in [0.25, 0.3) is 0 Å². The van der Waals surface area contributed by atoms with Crippen molar-refractivity contribution >= 4 is 11.6 Å². The predicted molar refractivity (Wildman–Crippen MR) is 91.7 cm³/mol. The number of carbonyl (C=O) groups excluding carboxylic acids is 1. The van der Waals surface area contributed by atoms with Crippen LogP contribution in [-0.2, 0) is 0 Å². The first kappa shape index (κ1) is 15.2. The minimum Gasteiger partial charge on any atom is -0.493 e. The molecule has 1 aliphatic heterocycles. The Balaban J connectivity index is 2.07. The SMILES string of the molecule is C=CCN1C(=O)c2ccccc2NC1c1ccccc1OCC. The van der Waals surface area contributed by atoms with Crippen LogP contribution in [0.4, 0.5) is 5.69 Å². The van der Waals surface area contributed by atoms with Crippen LogP contribution in [0.2, 0.25) is 0 Å². The first-order chi connectivity index (χ1) is 11.3. The van der Waals surface area contributed by atoms with E-state index in [0.29, 0.717) is 18.7 Å². The maximum Gasteiger partial charge on any atom is 0.258 e. The zero-order valence-corrected chi connectivity index (χ0v) is 13.2. The van der Waals surface area contributed by atoms with E-state index in [1.807, 2.05) is 55.5 Å². The van der Waals surface area contributed by atoms with E-state index in [4.69, 9.17) is 4.74 Å². The van der Waals surface area contributed by atoms with Gasteiger partial charge in [0.05, 0.1) is 12.2 Å². The van der Waals surface area contributed by atoms with Gasteiger partial charge in [0, 0.05) is 17.8 Å². The fourth-order valence-electron chi connectivity index (χ4n) is 2.86. The Morgan fingerprint density at radius 2 is 1.96 bits per heavy atom. The molecule has 0 bridgehead atoms. The standard InChI is InChI=1S/C19H20N2O2/c1-3-13-21-18(15-10-6-8-12-17(15)23-4-2)20-16-11-7-5-9-14(16)19(21)22/h3,5-12,18,20H,1,4,13H2,2H3. The highest BCUT2D eigenvalue weighted by Gasteiger charge is 2.33. The molecular formula is C19H20N2O2. The number of fused-ring (bicyclic) bond motifs is 1. The molecule has 1 N–H and O–H groups in total. The molecule has 1 unspecified atom stereocenters. The zero-order chi connectivity index (χ0) is 16.2. The van der Waals surface area contributed by atoms with E-state index in [1.54, 1.807) is 11.0 Å². The van der Waals surface area contributed by atoms with E-state index in [9.17, 15) is 4.79 Å². The molecule has 1 aliphatic rings. The van der Waals surface area contributed by atoms with Crippen molar-refractivity contribution in [2.75, 3.05) is 18.5 Å². The molecule has 0 saturated heterocycles. The molecule has 4 heteroatoms. The summed E-state index contributed by atoms with van der Waals surface area (Å²) in [5, 5.41) is 3.45. The minimum atomic E-state index is -0.279. The van der Waals surface area contributed by atoms with Crippen LogP contribution in [0.3, 0.4) is 0 Å². The van der Waals surface area contributed by atoms with E-state index in [0.717, 1.165) is 17.0 Å². The summed E-state index contributed by atoms with van der Waals surface area (Å²) in [4.78, 5) is 14.6. The highest BCUT2D eigenvalue weighted by atomic mass is 16.5. The average molecular weight is 308 g/mol. The number of carbonyl (C=O) groups is 1. The molecule has 0 saturated carbocycles. The quantitative estimate of drug-likeness (QED) is 0.853. The van der Waals surface area contributed by atoms with Gasteiger partial charge in [-0.2, -0.15) is 0 Å². The Morgan fingerprint density at radius 3 is 2.74 bits per heavy atom. The normalized spacial score (nSPS) is 16.5. The number of ether oxygens (including phenoxy) is 1. The highest BCUT2D eigenvalue weighted by molar-refractivity contribution is 6.01. The third kappa shape index (κ3) is 2.80. The number of hydrogen-bond donors (Lipinski definition) is 1. The summed E-state index contributed by atoms with van der Waals surface area (Å²) in [6.45, 7) is 6.77. The Hall–Kier alpha value is -2.75. The van der Waals surface area contributed by atoms with Gasteiger partial charge < -0.3 is 15.0 Å². The smallest absolute Gasteiger partial charge is 0.258 e. The van der Waals surface area contributed by atoms with Gasteiger partial charge in [-0.05, 0) is 25.1 Å². The summed E-state index contributed by atoms with van der Waals surface area (Å²) >= 11 is 0. The molecule has 2 aromatic carbocycles. The third-order valence-corrected chi connectivity index (χ3v) is 3.86. The third-order valence-electron chi connectivity index (χ3n) is 3.86. The molecule has 2 aromatic rings. The van der Waals surface area contributed by atoms with Crippen LogP contribution in [-0.4, -0.2) is 24.0 Å². The number of rotatable bonds is 5. The van der Waals surface area contributed by atoms with Crippen molar-refractivity contribution in [3.05, 3.63) is 72.3 Å². The van der Waals surface area contributed by atoms with Gasteiger partial charge in [0.15, 0.2) is 0 Å².